The van der Waals surface area contributed by atoms with Gasteiger partial charge in [0, 0.05) is 26.7 Å². The van der Waals surface area contributed by atoms with E-state index in [9.17, 15) is 0 Å². The fourth-order valence-electron chi connectivity index (χ4n) is 2.61. The molecule has 0 aliphatic carbocycles. The van der Waals surface area contributed by atoms with Gasteiger partial charge in [-0.3, -0.25) is 0 Å². The lowest BCUT2D eigenvalue weighted by molar-refractivity contribution is 0.246. The zero-order chi connectivity index (χ0) is 13.8. The zero-order valence-electron chi connectivity index (χ0n) is 12.2. The molecule has 1 aromatic rings. The van der Waals surface area contributed by atoms with E-state index in [4.69, 9.17) is 4.74 Å². The quantitative estimate of drug-likeness (QED) is 0.878. The van der Waals surface area contributed by atoms with Crippen LogP contribution in [0.3, 0.4) is 0 Å². The van der Waals surface area contributed by atoms with E-state index in [1.807, 2.05) is 7.05 Å². The summed E-state index contributed by atoms with van der Waals surface area (Å²) in [6, 6.07) is 0.465. The highest BCUT2D eigenvalue weighted by Crippen LogP contribution is 2.33. The predicted octanol–water partition coefficient (Wildman–Crippen LogP) is 1.06. The van der Waals surface area contributed by atoms with E-state index in [1.165, 1.54) is 19.4 Å². The molecular formula is C13H23N5O. The number of anilines is 2. The number of likely N-dealkylation sites (N-methyl/N-ethyl adjacent to an activating group) is 2. The topological polar surface area (TPSA) is 53.5 Å². The van der Waals surface area contributed by atoms with Gasteiger partial charge in [-0.05, 0) is 26.4 Å². The van der Waals surface area contributed by atoms with Crippen molar-refractivity contribution < 1.29 is 4.74 Å². The number of nitrogens with zero attached hydrogens (tertiary/aromatic N) is 4. The Balaban J connectivity index is 2.25. The third kappa shape index (κ3) is 2.89. The lowest BCUT2D eigenvalue weighted by Crippen LogP contribution is -2.45. The summed E-state index contributed by atoms with van der Waals surface area (Å²) in [4.78, 5) is 13.1. The van der Waals surface area contributed by atoms with Crippen molar-refractivity contribution in [3.63, 3.8) is 0 Å². The molecule has 1 atom stereocenters. The van der Waals surface area contributed by atoms with Crippen molar-refractivity contribution in [2.24, 2.45) is 0 Å². The molecule has 1 aromatic heterocycles. The Morgan fingerprint density at radius 3 is 2.89 bits per heavy atom. The molecule has 0 radical (unpaired) electrons. The van der Waals surface area contributed by atoms with Gasteiger partial charge in [0.05, 0.1) is 7.11 Å². The van der Waals surface area contributed by atoms with Gasteiger partial charge in [0.15, 0.2) is 11.6 Å². The maximum absolute atomic E-state index is 5.46. The molecule has 0 spiro atoms. The van der Waals surface area contributed by atoms with Crippen LogP contribution >= 0.6 is 0 Å². The minimum atomic E-state index is 0.465. The van der Waals surface area contributed by atoms with Crippen LogP contribution < -0.4 is 15.0 Å². The summed E-state index contributed by atoms with van der Waals surface area (Å²) in [5.74, 6) is 2.28. The van der Waals surface area contributed by atoms with Gasteiger partial charge >= 0.3 is 0 Å². The first-order valence-electron chi connectivity index (χ1n) is 6.65. The highest BCUT2D eigenvalue weighted by atomic mass is 16.5. The maximum Gasteiger partial charge on any atom is 0.204 e. The largest absolute Gasteiger partial charge is 0.490 e. The van der Waals surface area contributed by atoms with E-state index in [-0.39, 0.29) is 0 Å². The average Bonchev–Trinajstić information content (AvgIpc) is 2.45. The number of methoxy groups -OCH3 is 1. The lowest BCUT2D eigenvalue weighted by atomic mass is 10.1. The van der Waals surface area contributed by atoms with Gasteiger partial charge in [0.2, 0.25) is 5.75 Å². The molecule has 6 nitrogen and oxygen atoms in total. The van der Waals surface area contributed by atoms with E-state index in [1.54, 1.807) is 13.4 Å². The first-order chi connectivity index (χ1) is 9.17. The summed E-state index contributed by atoms with van der Waals surface area (Å²) in [5, 5.41) is 3.04. The minimum Gasteiger partial charge on any atom is -0.490 e. The Morgan fingerprint density at radius 1 is 1.47 bits per heavy atom. The number of hydrogen-bond donors (Lipinski definition) is 1. The van der Waals surface area contributed by atoms with Gasteiger partial charge in [0.1, 0.15) is 6.33 Å². The summed E-state index contributed by atoms with van der Waals surface area (Å²) in [6.45, 7) is 2.23. The van der Waals surface area contributed by atoms with Crippen LogP contribution in [0.15, 0.2) is 6.33 Å². The number of piperidine rings is 1. The molecule has 106 valence electrons. The molecule has 1 aliphatic rings. The van der Waals surface area contributed by atoms with Crippen LogP contribution in [-0.2, 0) is 0 Å². The molecule has 1 N–H and O–H groups in total. The Kier molecular flexibility index (Phi) is 4.42. The van der Waals surface area contributed by atoms with E-state index >= 15 is 0 Å². The van der Waals surface area contributed by atoms with Crippen LogP contribution in [-0.4, -0.2) is 62.3 Å². The van der Waals surface area contributed by atoms with Crippen molar-refractivity contribution >= 4 is 11.6 Å². The van der Waals surface area contributed by atoms with Gasteiger partial charge in [0.25, 0.3) is 0 Å². The normalized spacial score (nSPS) is 20.1. The summed E-state index contributed by atoms with van der Waals surface area (Å²) in [6.07, 6.45) is 3.98. The Bertz CT molecular complexity index is 425. The van der Waals surface area contributed by atoms with Crippen molar-refractivity contribution in [2.45, 2.75) is 18.9 Å². The summed E-state index contributed by atoms with van der Waals surface area (Å²) >= 11 is 0. The van der Waals surface area contributed by atoms with Crippen LogP contribution in [0.2, 0.25) is 0 Å². The van der Waals surface area contributed by atoms with Crippen LogP contribution in [0.4, 0.5) is 11.6 Å². The molecule has 6 heteroatoms. The number of nitrogens with one attached hydrogen (secondary N) is 1. The van der Waals surface area contributed by atoms with E-state index in [0.29, 0.717) is 11.8 Å². The SMILES string of the molecule is CNc1ncnc(N(C)C2CCCN(C)C2)c1OC. The second-order valence-corrected chi connectivity index (χ2v) is 5.00. The fraction of sp³-hybridized carbons (Fsp3) is 0.692. The second-order valence-electron chi connectivity index (χ2n) is 5.00. The van der Waals surface area contributed by atoms with E-state index in [2.05, 4.69) is 39.2 Å². The van der Waals surface area contributed by atoms with Gasteiger partial charge < -0.3 is 19.9 Å². The van der Waals surface area contributed by atoms with Crippen LogP contribution in [0.5, 0.6) is 5.75 Å². The Morgan fingerprint density at radius 2 is 2.26 bits per heavy atom. The molecule has 2 rings (SSSR count). The standard InChI is InChI=1S/C13H23N5O/c1-14-12-11(19-4)13(16-9-15-12)18(3)10-6-5-7-17(2)8-10/h9-10H,5-8H2,1-4H3,(H,14,15,16). The molecule has 2 heterocycles. The molecular weight excluding hydrogens is 242 g/mol. The number of likely N-dealkylation sites (tertiary alicyclic amines) is 1. The number of rotatable bonds is 4. The monoisotopic (exact) mass is 265 g/mol. The number of hydrogen-bond acceptors (Lipinski definition) is 6. The van der Waals surface area contributed by atoms with E-state index in [0.717, 1.165) is 18.2 Å². The zero-order valence-corrected chi connectivity index (χ0v) is 12.2. The highest BCUT2D eigenvalue weighted by Gasteiger charge is 2.25. The van der Waals surface area contributed by atoms with Crippen LogP contribution in [0.25, 0.3) is 0 Å². The third-order valence-corrected chi connectivity index (χ3v) is 3.71. The van der Waals surface area contributed by atoms with Crippen molar-refractivity contribution in [1.82, 2.24) is 14.9 Å². The Hall–Kier alpha value is -1.56. The number of aromatic nitrogens is 2. The van der Waals surface area contributed by atoms with Crippen molar-refractivity contribution in [2.75, 3.05) is 51.6 Å². The lowest BCUT2D eigenvalue weighted by Gasteiger charge is -2.36. The molecule has 19 heavy (non-hydrogen) atoms. The summed E-state index contributed by atoms with van der Waals surface area (Å²) in [5.41, 5.74) is 0. The smallest absolute Gasteiger partial charge is 0.204 e. The maximum atomic E-state index is 5.46. The fourth-order valence-corrected chi connectivity index (χ4v) is 2.61. The average molecular weight is 265 g/mol. The van der Waals surface area contributed by atoms with Crippen LogP contribution in [0.1, 0.15) is 12.8 Å². The Labute approximate surface area is 114 Å². The number of ether oxygens (including phenoxy) is 1. The molecule has 1 unspecified atom stereocenters. The minimum absolute atomic E-state index is 0.465. The molecule has 1 saturated heterocycles. The molecule has 0 amide bonds. The first kappa shape index (κ1) is 13.9. The van der Waals surface area contributed by atoms with Crippen molar-refractivity contribution in [1.29, 1.82) is 0 Å². The van der Waals surface area contributed by atoms with Gasteiger partial charge in [-0.2, -0.15) is 0 Å². The second kappa shape index (κ2) is 6.06. The third-order valence-electron chi connectivity index (χ3n) is 3.71. The van der Waals surface area contributed by atoms with Gasteiger partial charge in [-0.1, -0.05) is 0 Å². The summed E-state index contributed by atoms with van der Waals surface area (Å²) in [7, 11) is 7.73. The van der Waals surface area contributed by atoms with Crippen LogP contribution in [0, 0.1) is 0 Å². The van der Waals surface area contributed by atoms with Crippen molar-refractivity contribution in [3.8, 4) is 5.75 Å². The highest BCUT2D eigenvalue weighted by molar-refractivity contribution is 5.64. The van der Waals surface area contributed by atoms with Gasteiger partial charge in [-0.15, -0.1) is 0 Å². The van der Waals surface area contributed by atoms with Crippen molar-refractivity contribution in [3.05, 3.63) is 6.33 Å². The molecule has 0 aromatic carbocycles. The molecule has 1 fully saturated rings. The molecule has 1 aliphatic heterocycles. The predicted molar refractivity (Wildman–Crippen MR) is 77.1 cm³/mol. The van der Waals surface area contributed by atoms with Gasteiger partial charge in [-0.25, -0.2) is 9.97 Å². The summed E-state index contributed by atoms with van der Waals surface area (Å²) < 4.78 is 5.46. The first-order valence-corrected chi connectivity index (χ1v) is 6.65. The van der Waals surface area contributed by atoms with E-state index < -0.39 is 0 Å². The molecule has 0 saturated carbocycles. The molecule has 0 bridgehead atoms.